The third-order valence-corrected chi connectivity index (χ3v) is 7.17. The summed E-state index contributed by atoms with van der Waals surface area (Å²) in [6, 6.07) is 23.2. The highest BCUT2D eigenvalue weighted by Gasteiger charge is 2.28. The van der Waals surface area contributed by atoms with E-state index < -0.39 is 12.0 Å². The number of anilines is 1. The Kier molecular flexibility index (Phi) is 7.49. The second-order valence-electron chi connectivity index (χ2n) is 9.71. The van der Waals surface area contributed by atoms with Gasteiger partial charge in [-0.2, -0.15) is 0 Å². The largest absolute Gasteiger partial charge is 0.481 e. The first-order valence-electron chi connectivity index (χ1n) is 13.0. The van der Waals surface area contributed by atoms with Crippen molar-refractivity contribution >= 4 is 23.3 Å². The zero-order chi connectivity index (χ0) is 25.6. The van der Waals surface area contributed by atoms with Crippen molar-refractivity contribution in [2.45, 2.75) is 51.1 Å². The first-order valence-corrected chi connectivity index (χ1v) is 13.0. The van der Waals surface area contributed by atoms with Gasteiger partial charge < -0.3 is 15.7 Å². The van der Waals surface area contributed by atoms with Crippen LogP contribution in [0, 0.1) is 5.92 Å². The van der Waals surface area contributed by atoms with Crippen molar-refractivity contribution in [3.05, 3.63) is 90.1 Å². The summed E-state index contributed by atoms with van der Waals surface area (Å²) >= 11 is 0. The topological polar surface area (TPSA) is 95.7 Å². The minimum absolute atomic E-state index is 0.0763. The lowest BCUT2D eigenvalue weighted by atomic mass is 9.82. The van der Waals surface area contributed by atoms with E-state index in [0.29, 0.717) is 17.8 Å². The van der Waals surface area contributed by atoms with Gasteiger partial charge in [-0.15, -0.1) is 0 Å². The Morgan fingerprint density at radius 2 is 1.65 bits per heavy atom. The molecule has 0 saturated heterocycles. The average Bonchev–Trinajstić information content (AvgIpc) is 3.31. The molecule has 1 amide bonds. The van der Waals surface area contributed by atoms with Crippen LogP contribution in [0.15, 0.2) is 79.0 Å². The van der Waals surface area contributed by atoms with Gasteiger partial charge in [-0.1, -0.05) is 79.9 Å². The number of nitrogens with zero attached hydrogens (tertiary/aromatic N) is 2. The summed E-state index contributed by atoms with van der Waals surface area (Å²) in [6.45, 7) is 0.604. The summed E-state index contributed by atoms with van der Waals surface area (Å²) < 4.78 is 1.91. The summed E-state index contributed by atoms with van der Waals surface area (Å²) in [5.74, 6) is -0.208. The standard InChI is InChI=1S/C30H32N4O3/c35-26(36)19-25(22-13-6-2-7-14-22)32-30(37)24-17-10-18-34-28(24)33-27(23-15-8-3-9-16-23)29(34)31-20-21-11-4-1-5-12-21/h1,3-5,8-12,15-18,22,25,31H,2,6-7,13-14,19-20H2,(H,32,37)(H,35,36). The molecule has 0 radical (unpaired) electrons. The van der Waals surface area contributed by atoms with E-state index in [1.54, 1.807) is 6.07 Å². The fraction of sp³-hybridized carbons (Fsp3) is 0.300. The van der Waals surface area contributed by atoms with Gasteiger partial charge in [0.15, 0.2) is 5.65 Å². The molecule has 1 unspecified atom stereocenters. The predicted molar refractivity (Wildman–Crippen MR) is 144 cm³/mol. The lowest BCUT2D eigenvalue weighted by Crippen LogP contribution is -2.42. The van der Waals surface area contributed by atoms with Crippen molar-refractivity contribution < 1.29 is 14.7 Å². The number of benzene rings is 2. The Morgan fingerprint density at radius 1 is 0.946 bits per heavy atom. The maximum Gasteiger partial charge on any atom is 0.305 e. The number of carboxylic acids is 1. The molecule has 0 spiro atoms. The molecule has 1 aliphatic rings. The fourth-order valence-electron chi connectivity index (χ4n) is 5.30. The second-order valence-corrected chi connectivity index (χ2v) is 9.71. The van der Waals surface area contributed by atoms with E-state index >= 15 is 0 Å². The molecular weight excluding hydrogens is 464 g/mol. The number of imidazole rings is 1. The fourth-order valence-corrected chi connectivity index (χ4v) is 5.30. The number of nitrogens with one attached hydrogen (secondary N) is 2. The number of amides is 1. The second kappa shape index (κ2) is 11.3. The highest BCUT2D eigenvalue weighted by Crippen LogP contribution is 2.31. The SMILES string of the molecule is O=C(O)CC(NC(=O)c1cccn2c(NCc3ccccc3)c(-c3ccccc3)nc12)C1CCCCC1. The normalized spacial score (nSPS) is 14.8. The highest BCUT2D eigenvalue weighted by atomic mass is 16.4. The van der Waals surface area contributed by atoms with Crippen molar-refractivity contribution in [1.82, 2.24) is 14.7 Å². The minimum atomic E-state index is -0.895. The monoisotopic (exact) mass is 496 g/mol. The summed E-state index contributed by atoms with van der Waals surface area (Å²) in [4.78, 5) is 30.1. The van der Waals surface area contributed by atoms with Crippen LogP contribution < -0.4 is 10.6 Å². The van der Waals surface area contributed by atoms with E-state index in [2.05, 4.69) is 22.8 Å². The van der Waals surface area contributed by atoms with E-state index in [4.69, 9.17) is 4.98 Å². The Labute approximate surface area is 216 Å². The molecule has 1 aliphatic carbocycles. The van der Waals surface area contributed by atoms with Crippen molar-refractivity contribution in [2.75, 3.05) is 5.32 Å². The van der Waals surface area contributed by atoms with Gasteiger partial charge >= 0.3 is 5.97 Å². The van der Waals surface area contributed by atoms with Gasteiger partial charge in [0.05, 0.1) is 12.0 Å². The van der Waals surface area contributed by atoms with Gasteiger partial charge in [-0.3, -0.25) is 14.0 Å². The van der Waals surface area contributed by atoms with E-state index in [1.807, 2.05) is 65.2 Å². The predicted octanol–water partition coefficient (Wildman–Crippen LogP) is 5.77. The molecule has 2 aromatic carbocycles. The van der Waals surface area contributed by atoms with Crippen LogP contribution in [0.4, 0.5) is 5.82 Å². The average molecular weight is 497 g/mol. The number of hydrogen-bond donors (Lipinski definition) is 3. The number of aromatic nitrogens is 2. The van der Waals surface area contributed by atoms with E-state index in [1.165, 1.54) is 6.42 Å². The molecule has 190 valence electrons. The molecule has 37 heavy (non-hydrogen) atoms. The first-order chi connectivity index (χ1) is 18.1. The Balaban J connectivity index is 1.50. The van der Waals surface area contributed by atoms with Gasteiger partial charge in [0, 0.05) is 24.3 Å². The molecule has 4 aromatic rings. The molecule has 1 saturated carbocycles. The van der Waals surface area contributed by atoms with Crippen LogP contribution in [-0.4, -0.2) is 32.4 Å². The maximum atomic E-state index is 13.6. The van der Waals surface area contributed by atoms with Crippen LogP contribution in [0.3, 0.4) is 0 Å². The number of carboxylic acid groups (broad SMARTS) is 1. The van der Waals surface area contributed by atoms with Crippen molar-refractivity contribution in [2.24, 2.45) is 5.92 Å². The molecule has 2 aromatic heterocycles. The Bertz CT molecular complexity index is 1360. The smallest absolute Gasteiger partial charge is 0.305 e. The summed E-state index contributed by atoms with van der Waals surface area (Å²) in [7, 11) is 0. The molecule has 0 aliphatic heterocycles. The van der Waals surface area contributed by atoms with Gasteiger partial charge in [-0.05, 0) is 36.5 Å². The quantitative estimate of drug-likeness (QED) is 0.274. The number of carbonyl (C=O) groups is 2. The van der Waals surface area contributed by atoms with Gasteiger partial charge in [0.1, 0.15) is 11.5 Å². The third-order valence-electron chi connectivity index (χ3n) is 7.17. The number of fused-ring (bicyclic) bond motifs is 1. The van der Waals surface area contributed by atoms with Crippen LogP contribution in [0.2, 0.25) is 0 Å². The number of pyridine rings is 1. The molecule has 5 rings (SSSR count). The number of rotatable bonds is 9. The summed E-state index contributed by atoms with van der Waals surface area (Å²) in [5, 5.41) is 16.1. The number of carbonyl (C=O) groups excluding carboxylic acids is 1. The molecule has 1 atom stereocenters. The molecule has 1 fully saturated rings. The Morgan fingerprint density at radius 3 is 2.35 bits per heavy atom. The molecule has 3 N–H and O–H groups in total. The van der Waals surface area contributed by atoms with Crippen LogP contribution in [0.1, 0.15) is 54.4 Å². The molecular formula is C30H32N4O3. The van der Waals surface area contributed by atoms with Gasteiger partial charge in [-0.25, -0.2) is 4.98 Å². The summed E-state index contributed by atoms with van der Waals surface area (Å²) in [6.07, 6.45) is 7.02. The van der Waals surface area contributed by atoms with Crippen molar-refractivity contribution in [1.29, 1.82) is 0 Å². The Hall–Kier alpha value is -4.13. The molecule has 7 heteroatoms. The van der Waals surface area contributed by atoms with Crippen molar-refractivity contribution in [3.63, 3.8) is 0 Å². The van der Waals surface area contributed by atoms with Crippen LogP contribution in [0.5, 0.6) is 0 Å². The zero-order valence-corrected chi connectivity index (χ0v) is 20.8. The lowest BCUT2D eigenvalue weighted by molar-refractivity contribution is -0.137. The van der Waals surface area contributed by atoms with E-state index in [9.17, 15) is 14.7 Å². The highest BCUT2D eigenvalue weighted by molar-refractivity contribution is 6.01. The van der Waals surface area contributed by atoms with Crippen LogP contribution in [0.25, 0.3) is 16.9 Å². The maximum absolute atomic E-state index is 13.6. The van der Waals surface area contributed by atoms with Crippen molar-refractivity contribution in [3.8, 4) is 11.3 Å². The van der Waals surface area contributed by atoms with E-state index in [0.717, 1.165) is 48.3 Å². The minimum Gasteiger partial charge on any atom is -0.481 e. The summed E-state index contributed by atoms with van der Waals surface area (Å²) in [5.41, 5.74) is 3.80. The third kappa shape index (κ3) is 5.66. The molecule has 2 heterocycles. The van der Waals surface area contributed by atoms with Gasteiger partial charge in [0.25, 0.3) is 5.91 Å². The zero-order valence-electron chi connectivity index (χ0n) is 20.8. The van der Waals surface area contributed by atoms with Crippen LogP contribution in [-0.2, 0) is 11.3 Å². The number of aliphatic carboxylic acids is 1. The lowest BCUT2D eigenvalue weighted by Gasteiger charge is -2.30. The molecule has 7 nitrogen and oxygen atoms in total. The van der Waals surface area contributed by atoms with E-state index in [-0.39, 0.29) is 18.2 Å². The number of hydrogen-bond acceptors (Lipinski definition) is 4. The van der Waals surface area contributed by atoms with Crippen LogP contribution >= 0.6 is 0 Å². The first kappa shape index (κ1) is 24.6. The molecule has 0 bridgehead atoms. The van der Waals surface area contributed by atoms with Gasteiger partial charge in [0.2, 0.25) is 0 Å².